The molecule has 2 N–H and O–H groups in total. The van der Waals surface area contributed by atoms with Gasteiger partial charge in [-0.25, -0.2) is 0 Å². The molecule has 0 bridgehead atoms. The molecule has 0 spiro atoms. The van der Waals surface area contributed by atoms with Crippen LogP contribution in [0.2, 0.25) is 0 Å². The molecular weight excluding hydrogens is 208 g/mol. The summed E-state index contributed by atoms with van der Waals surface area (Å²) in [6.07, 6.45) is 0. The van der Waals surface area contributed by atoms with E-state index in [1.54, 1.807) is 0 Å². The Morgan fingerprint density at radius 3 is 1.62 bits per heavy atom. The van der Waals surface area contributed by atoms with Crippen molar-refractivity contribution in [3.8, 4) is 0 Å². The molecule has 0 fully saturated rings. The van der Waals surface area contributed by atoms with E-state index in [0.717, 1.165) is 11.1 Å². The minimum absolute atomic E-state index is 0.0309. The standard InChI is InChI=1S/C12H18O4/c13-5-7-15-9-11-3-1-2-4-12(11)10-16-8-6-14/h1-4,13-14H,5-10H2. The fraction of sp³-hybridized carbons (Fsp3) is 0.500. The maximum absolute atomic E-state index is 8.61. The Hall–Kier alpha value is -0.940. The van der Waals surface area contributed by atoms with Crippen LogP contribution in [0.25, 0.3) is 0 Å². The van der Waals surface area contributed by atoms with Crippen LogP contribution in [0.5, 0.6) is 0 Å². The zero-order valence-electron chi connectivity index (χ0n) is 9.26. The molecule has 1 rings (SSSR count). The number of hydrogen-bond donors (Lipinski definition) is 2. The van der Waals surface area contributed by atoms with Gasteiger partial charge in [0, 0.05) is 0 Å². The lowest BCUT2D eigenvalue weighted by Crippen LogP contribution is -2.04. The summed E-state index contributed by atoms with van der Waals surface area (Å²) in [5, 5.41) is 17.2. The summed E-state index contributed by atoms with van der Waals surface area (Å²) in [6, 6.07) is 7.81. The van der Waals surface area contributed by atoms with Gasteiger partial charge in [0.05, 0.1) is 39.6 Å². The molecule has 0 radical (unpaired) electrons. The van der Waals surface area contributed by atoms with Crippen molar-refractivity contribution in [3.63, 3.8) is 0 Å². The minimum Gasteiger partial charge on any atom is -0.394 e. The summed E-state index contributed by atoms with van der Waals surface area (Å²) in [5.41, 5.74) is 2.10. The fourth-order valence-corrected chi connectivity index (χ4v) is 1.33. The summed E-state index contributed by atoms with van der Waals surface area (Å²) in [4.78, 5) is 0. The summed E-state index contributed by atoms with van der Waals surface area (Å²) >= 11 is 0. The van der Waals surface area contributed by atoms with Gasteiger partial charge in [-0.05, 0) is 11.1 Å². The Balaban J connectivity index is 2.46. The van der Waals surface area contributed by atoms with E-state index < -0.39 is 0 Å². The molecule has 0 aliphatic carbocycles. The van der Waals surface area contributed by atoms with Gasteiger partial charge in [0.2, 0.25) is 0 Å². The lowest BCUT2D eigenvalue weighted by molar-refractivity contribution is 0.0713. The molecule has 0 atom stereocenters. The van der Waals surface area contributed by atoms with Gasteiger partial charge in [-0.2, -0.15) is 0 Å². The van der Waals surface area contributed by atoms with Crippen molar-refractivity contribution in [2.75, 3.05) is 26.4 Å². The van der Waals surface area contributed by atoms with Crippen LogP contribution in [-0.4, -0.2) is 36.6 Å². The predicted octanol–water partition coefficient (Wildman–Crippen LogP) is 0.704. The zero-order valence-corrected chi connectivity index (χ0v) is 9.26. The Morgan fingerprint density at radius 2 is 1.25 bits per heavy atom. The highest BCUT2D eigenvalue weighted by atomic mass is 16.5. The van der Waals surface area contributed by atoms with Gasteiger partial charge >= 0.3 is 0 Å². The third kappa shape index (κ3) is 4.72. The Labute approximate surface area is 95.4 Å². The van der Waals surface area contributed by atoms with E-state index in [4.69, 9.17) is 19.7 Å². The minimum atomic E-state index is 0.0309. The van der Waals surface area contributed by atoms with Crippen molar-refractivity contribution in [2.45, 2.75) is 13.2 Å². The van der Waals surface area contributed by atoms with Crippen LogP contribution in [0.15, 0.2) is 24.3 Å². The van der Waals surface area contributed by atoms with Crippen LogP contribution in [0, 0.1) is 0 Å². The molecule has 0 aliphatic heterocycles. The van der Waals surface area contributed by atoms with Gasteiger partial charge < -0.3 is 19.7 Å². The topological polar surface area (TPSA) is 58.9 Å². The van der Waals surface area contributed by atoms with Crippen LogP contribution in [0.3, 0.4) is 0 Å². The lowest BCUT2D eigenvalue weighted by atomic mass is 10.1. The maximum atomic E-state index is 8.61. The quantitative estimate of drug-likeness (QED) is 0.641. The number of hydrogen-bond acceptors (Lipinski definition) is 4. The maximum Gasteiger partial charge on any atom is 0.0721 e. The van der Waals surface area contributed by atoms with Crippen LogP contribution >= 0.6 is 0 Å². The molecule has 16 heavy (non-hydrogen) atoms. The van der Waals surface area contributed by atoms with Crippen molar-refractivity contribution in [1.29, 1.82) is 0 Å². The van der Waals surface area contributed by atoms with Gasteiger partial charge in [0.1, 0.15) is 0 Å². The second-order valence-corrected chi connectivity index (χ2v) is 3.32. The Bertz CT molecular complexity index is 259. The highest BCUT2D eigenvalue weighted by molar-refractivity contribution is 5.25. The lowest BCUT2D eigenvalue weighted by Gasteiger charge is -2.09. The summed E-state index contributed by atoms with van der Waals surface area (Å²) in [6.45, 7) is 1.68. The van der Waals surface area contributed by atoms with Gasteiger partial charge in [-0.3, -0.25) is 0 Å². The van der Waals surface area contributed by atoms with Crippen molar-refractivity contribution in [3.05, 3.63) is 35.4 Å². The van der Waals surface area contributed by atoms with E-state index in [2.05, 4.69) is 0 Å². The third-order valence-electron chi connectivity index (χ3n) is 2.10. The first-order valence-corrected chi connectivity index (χ1v) is 5.32. The number of rotatable bonds is 8. The molecular formula is C12H18O4. The molecule has 0 aliphatic rings. The van der Waals surface area contributed by atoms with E-state index in [0.29, 0.717) is 26.4 Å². The molecule has 0 unspecified atom stereocenters. The number of aliphatic hydroxyl groups is 2. The SMILES string of the molecule is OCCOCc1ccccc1COCCO. The summed E-state index contributed by atoms with van der Waals surface area (Å²) in [5.74, 6) is 0. The second kappa shape index (κ2) is 8.24. The molecule has 0 saturated heterocycles. The fourth-order valence-electron chi connectivity index (χ4n) is 1.33. The number of ether oxygens (including phenoxy) is 2. The van der Waals surface area contributed by atoms with E-state index in [1.807, 2.05) is 24.3 Å². The highest BCUT2D eigenvalue weighted by Gasteiger charge is 2.01. The van der Waals surface area contributed by atoms with Crippen molar-refractivity contribution in [2.24, 2.45) is 0 Å². The zero-order chi connectivity index (χ0) is 11.6. The molecule has 1 aromatic rings. The Morgan fingerprint density at radius 1 is 0.812 bits per heavy atom. The van der Waals surface area contributed by atoms with E-state index >= 15 is 0 Å². The van der Waals surface area contributed by atoms with E-state index in [-0.39, 0.29) is 13.2 Å². The summed E-state index contributed by atoms with van der Waals surface area (Å²) < 4.78 is 10.5. The van der Waals surface area contributed by atoms with Gasteiger partial charge in [0.25, 0.3) is 0 Å². The molecule has 90 valence electrons. The normalized spacial score (nSPS) is 10.6. The largest absolute Gasteiger partial charge is 0.394 e. The highest BCUT2D eigenvalue weighted by Crippen LogP contribution is 2.11. The van der Waals surface area contributed by atoms with Gasteiger partial charge in [-0.15, -0.1) is 0 Å². The molecule has 4 heteroatoms. The van der Waals surface area contributed by atoms with Crippen LogP contribution in [0.1, 0.15) is 11.1 Å². The smallest absolute Gasteiger partial charge is 0.0721 e. The number of benzene rings is 1. The first kappa shape index (κ1) is 13.1. The van der Waals surface area contributed by atoms with Crippen molar-refractivity contribution in [1.82, 2.24) is 0 Å². The third-order valence-corrected chi connectivity index (χ3v) is 2.10. The monoisotopic (exact) mass is 226 g/mol. The van der Waals surface area contributed by atoms with Crippen molar-refractivity contribution >= 4 is 0 Å². The van der Waals surface area contributed by atoms with Crippen LogP contribution in [-0.2, 0) is 22.7 Å². The molecule has 0 heterocycles. The van der Waals surface area contributed by atoms with E-state index in [9.17, 15) is 0 Å². The molecule has 4 nitrogen and oxygen atoms in total. The van der Waals surface area contributed by atoms with Crippen LogP contribution in [0.4, 0.5) is 0 Å². The first-order chi connectivity index (χ1) is 7.88. The average molecular weight is 226 g/mol. The number of aliphatic hydroxyl groups excluding tert-OH is 2. The van der Waals surface area contributed by atoms with Gasteiger partial charge in [-0.1, -0.05) is 24.3 Å². The Kier molecular flexibility index (Phi) is 6.76. The first-order valence-electron chi connectivity index (χ1n) is 5.32. The van der Waals surface area contributed by atoms with Crippen molar-refractivity contribution < 1.29 is 19.7 Å². The van der Waals surface area contributed by atoms with Crippen LogP contribution < -0.4 is 0 Å². The molecule has 1 aromatic carbocycles. The molecule has 0 saturated carbocycles. The predicted molar refractivity (Wildman–Crippen MR) is 59.9 cm³/mol. The second-order valence-electron chi connectivity index (χ2n) is 3.32. The average Bonchev–Trinajstić information content (AvgIpc) is 2.32. The summed E-state index contributed by atoms with van der Waals surface area (Å²) in [7, 11) is 0. The van der Waals surface area contributed by atoms with Gasteiger partial charge in [0.15, 0.2) is 0 Å². The molecule has 0 amide bonds. The van der Waals surface area contributed by atoms with E-state index in [1.165, 1.54) is 0 Å². The molecule has 0 aromatic heterocycles.